The zero-order valence-electron chi connectivity index (χ0n) is 16.6. The van der Waals surface area contributed by atoms with Crippen LogP contribution in [0.15, 0.2) is 0 Å². The normalized spacial score (nSPS) is 14.6. The Bertz CT molecular complexity index is 381. The van der Waals surface area contributed by atoms with E-state index in [1.807, 2.05) is 0 Å². The van der Waals surface area contributed by atoms with Crippen molar-refractivity contribution in [2.45, 2.75) is 128 Å². The van der Waals surface area contributed by atoms with Crippen LogP contribution in [0.4, 0.5) is 0 Å². The molecule has 2 N–H and O–H groups in total. The van der Waals surface area contributed by atoms with Crippen LogP contribution in [0, 0.1) is 0 Å². The highest BCUT2D eigenvalue weighted by molar-refractivity contribution is 7.86. The number of unbranched alkanes of at least 4 members (excludes halogenated alkanes) is 11. The standard InChI is InChI=1S/C20H42O4S/c1-3-4-5-6-11-14-17-20(21)18-15-12-9-7-8-10-13-16-19(2)25(22,23)24/h19-21H,3-18H2,1-2H3,(H,22,23,24). The zero-order valence-corrected chi connectivity index (χ0v) is 17.4. The second-order valence-corrected chi connectivity index (χ2v) is 9.42. The summed E-state index contributed by atoms with van der Waals surface area (Å²) in [5, 5.41) is 9.33. The maximum absolute atomic E-state index is 10.9. The van der Waals surface area contributed by atoms with Crippen LogP contribution >= 0.6 is 0 Å². The van der Waals surface area contributed by atoms with E-state index in [9.17, 15) is 13.5 Å². The maximum atomic E-state index is 10.9. The molecule has 0 heterocycles. The molecule has 0 saturated carbocycles. The highest BCUT2D eigenvalue weighted by Crippen LogP contribution is 2.15. The summed E-state index contributed by atoms with van der Waals surface area (Å²) in [4.78, 5) is 0. The molecule has 0 aliphatic heterocycles. The van der Waals surface area contributed by atoms with Gasteiger partial charge in [0, 0.05) is 0 Å². The Hall–Kier alpha value is -0.130. The van der Waals surface area contributed by atoms with Gasteiger partial charge in [0.15, 0.2) is 0 Å². The van der Waals surface area contributed by atoms with E-state index >= 15 is 0 Å². The fourth-order valence-electron chi connectivity index (χ4n) is 3.15. The van der Waals surface area contributed by atoms with Gasteiger partial charge in [-0.3, -0.25) is 4.55 Å². The lowest BCUT2D eigenvalue weighted by Gasteiger charge is -2.10. The van der Waals surface area contributed by atoms with Crippen molar-refractivity contribution in [2.24, 2.45) is 0 Å². The van der Waals surface area contributed by atoms with Gasteiger partial charge in [0.2, 0.25) is 0 Å². The van der Waals surface area contributed by atoms with Gasteiger partial charge in [0.25, 0.3) is 10.1 Å². The van der Waals surface area contributed by atoms with Crippen molar-refractivity contribution < 1.29 is 18.1 Å². The van der Waals surface area contributed by atoms with Crippen LogP contribution in [-0.4, -0.2) is 29.4 Å². The van der Waals surface area contributed by atoms with Crippen molar-refractivity contribution in [3.05, 3.63) is 0 Å². The molecule has 0 spiro atoms. The van der Waals surface area contributed by atoms with Crippen LogP contribution in [0.1, 0.15) is 117 Å². The van der Waals surface area contributed by atoms with Gasteiger partial charge in [-0.15, -0.1) is 0 Å². The number of hydrogen-bond donors (Lipinski definition) is 2. The third-order valence-electron chi connectivity index (χ3n) is 5.05. The third-order valence-corrected chi connectivity index (χ3v) is 6.30. The molecule has 0 rings (SSSR count). The molecule has 0 aromatic heterocycles. The van der Waals surface area contributed by atoms with Gasteiger partial charge in [-0.2, -0.15) is 8.42 Å². The Kier molecular flexibility index (Phi) is 16.0. The van der Waals surface area contributed by atoms with Gasteiger partial charge in [-0.1, -0.05) is 90.4 Å². The molecular formula is C20H42O4S. The average Bonchev–Trinajstić information content (AvgIpc) is 2.55. The average molecular weight is 379 g/mol. The fourth-order valence-corrected chi connectivity index (χ4v) is 3.61. The largest absolute Gasteiger partial charge is 0.393 e. The number of rotatable bonds is 18. The summed E-state index contributed by atoms with van der Waals surface area (Å²) in [5.74, 6) is 0. The van der Waals surface area contributed by atoms with Gasteiger partial charge in [0.05, 0.1) is 11.4 Å². The second kappa shape index (κ2) is 16.1. The molecular weight excluding hydrogens is 336 g/mol. The van der Waals surface area contributed by atoms with E-state index in [2.05, 4.69) is 6.92 Å². The lowest BCUT2D eigenvalue weighted by molar-refractivity contribution is 0.147. The Morgan fingerprint density at radius 1 is 0.680 bits per heavy atom. The summed E-state index contributed by atoms with van der Waals surface area (Å²) in [7, 11) is -3.85. The van der Waals surface area contributed by atoms with Crippen molar-refractivity contribution >= 4 is 10.1 Å². The van der Waals surface area contributed by atoms with Crippen molar-refractivity contribution in [1.82, 2.24) is 0 Å². The molecule has 4 nitrogen and oxygen atoms in total. The molecule has 152 valence electrons. The highest BCUT2D eigenvalue weighted by atomic mass is 32.2. The maximum Gasteiger partial charge on any atom is 0.267 e. The molecule has 5 heteroatoms. The van der Waals surface area contributed by atoms with Crippen LogP contribution in [0.2, 0.25) is 0 Å². The number of hydrogen-bond acceptors (Lipinski definition) is 3. The minimum atomic E-state index is -3.85. The molecule has 0 radical (unpaired) electrons. The van der Waals surface area contributed by atoms with E-state index in [4.69, 9.17) is 4.55 Å². The summed E-state index contributed by atoms with van der Waals surface area (Å²) in [5.41, 5.74) is 0. The topological polar surface area (TPSA) is 74.6 Å². The summed E-state index contributed by atoms with van der Waals surface area (Å²) in [6, 6.07) is 0. The summed E-state index contributed by atoms with van der Waals surface area (Å²) >= 11 is 0. The Morgan fingerprint density at radius 3 is 1.44 bits per heavy atom. The summed E-state index contributed by atoms with van der Waals surface area (Å²) in [6.45, 7) is 3.79. The molecule has 2 atom stereocenters. The van der Waals surface area contributed by atoms with E-state index in [1.165, 1.54) is 51.4 Å². The quantitative estimate of drug-likeness (QED) is 0.230. The first-order valence-electron chi connectivity index (χ1n) is 10.5. The third kappa shape index (κ3) is 17.1. The molecule has 0 aromatic rings. The van der Waals surface area contributed by atoms with Gasteiger partial charge >= 0.3 is 0 Å². The zero-order chi connectivity index (χ0) is 19.0. The highest BCUT2D eigenvalue weighted by Gasteiger charge is 2.15. The van der Waals surface area contributed by atoms with Crippen LogP contribution in [0.3, 0.4) is 0 Å². The minimum absolute atomic E-state index is 0.118. The molecule has 0 fully saturated rings. The Labute approximate surface area is 156 Å². The lowest BCUT2D eigenvalue weighted by Crippen LogP contribution is -2.16. The molecule has 25 heavy (non-hydrogen) atoms. The first-order chi connectivity index (χ1) is 11.9. The number of aliphatic hydroxyl groups is 1. The van der Waals surface area contributed by atoms with Gasteiger partial charge in [0.1, 0.15) is 0 Å². The molecule has 0 bridgehead atoms. The molecule has 2 unspecified atom stereocenters. The fraction of sp³-hybridized carbons (Fsp3) is 1.00. The number of aliphatic hydroxyl groups excluding tert-OH is 1. The summed E-state index contributed by atoms with van der Waals surface area (Å²) in [6.07, 6.45) is 17.7. The minimum Gasteiger partial charge on any atom is -0.393 e. The van der Waals surface area contributed by atoms with E-state index in [0.29, 0.717) is 6.42 Å². The van der Waals surface area contributed by atoms with Crippen molar-refractivity contribution in [2.75, 3.05) is 0 Å². The van der Waals surface area contributed by atoms with Gasteiger partial charge < -0.3 is 5.11 Å². The molecule has 0 aliphatic carbocycles. The van der Waals surface area contributed by atoms with E-state index < -0.39 is 15.4 Å². The summed E-state index contributed by atoms with van der Waals surface area (Å²) < 4.78 is 30.7. The SMILES string of the molecule is CCCCCCCCC(O)CCCCCCCCCC(C)S(=O)(=O)O. The Morgan fingerprint density at radius 2 is 1.04 bits per heavy atom. The van der Waals surface area contributed by atoms with Crippen LogP contribution in [-0.2, 0) is 10.1 Å². The van der Waals surface area contributed by atoms with Gasteiger partial charge in [-0.05, 0) is 26.2 Å². The predicted octanol–water partition coefficient (Wildman–Crippen LogP) is 5.89. The smallest absolute Gasteiger partial charge is 0.267 e. The van der Waals surface area contributed by atoms with Crippen molar-refractivity contribution in [3.63, 3.8) is 0 Å². The van der Waals surface area contributed by atoms with Crippen molar-refractivity contribution in [1.29, 1.82) is 0 Å². The van der Waals surface area contributed by atoms with Crippen LogP contribution in [0.5, 0.6) is 0 Å². The monoisotopic (exact) mass is 378 g/mol. The van der Waals surface area contributed by atoms with Crippen LogP contribution < -0.4 is 0 Å². The van der Waals surface area contributed by atoms with E-state index in [-0.39, 0.29) is 6.10 Å². The van der Waals surface area contributed by atoms with E-state index in [1.54, 1.807) is 6.92 Å². The molecule has 0 saturated heterocycles. The molecule has 0 aromatic carbocycles. The predicted molar refractivity (Wildman–Crippen MR) is 107 cm³/mol. The van der Waals surface area contributed by atoms with E-state index in [0.717, 1.165) is 44.9 Å². The van der Waals surface area contributed by atoms with Crippen LogP contribution in [0.25, 0.3) is 0 Å². The lowest BCUT2D eigenvalue weighted by atomic mass is 10.0. The Balaban J connectivity index is 3.29. The molecule has 0 aliphatic rings. The first-order valence-corrected chi connectivity index (χ1v) is 12.0. The molecule has 0 amide bonds. The first kappa shape index (κ1) is 24.9. The van der Waals surface area contributed by atoms with Crippen molar-refractivity contribution in [3.8, 4) is 0 Å². The van der Waals surface area contributed by atoms with Gasteiger partial charge in [-0.25, -0.2) is 0 Å². The second-order valence-electron chi connectivity index (χ2n) is 7.59.